The zero-order valence-electron chi connectivity index (χ0n) is 9.19. The number of nitrogens with one attached hydrogen (secondary N) is 1. The van der Waals surface area contributed by atoms with Crippen LogP contribution >= 0.6 is 0 Å². The maximum absolute atomic E-state index is 8.93. The Morgan fingerprint density at radius 2 is 2.38 bits per heavy atom. The topological polar surface area (TPSA) is 62.4 Å². The van der Waals surface area contributed by atoms with E-state index in [2.05, 4.69) is 16.5 Å². The standard InChI is InChI=1S/C11H12N4O/c1-13-11-9(5-12)14-15-6-8(7-16-2)3-4-10(11)15/h3-4,6,13H,7H2,1-2H3. The molecule has 5 nitrogen and oxygen atoms in total. The van der Waals surface area contributed by atoms with Crippen molar-refractivity contribution in [2.24, 2.45) is 0 Å². The zero-order chi connectivity index (χ0) is 11.5. The molecule has 1 N–H and O–H groups in total. The summed E-state index contributed by atoms with van der Waals surface area (Å²) in [6.07, 6.45) is 1.86. The van der Waals surface area contributed by atoms with E-state index in [1.54, 1.807) is 18.7 Å². The van der Waals surface area contributed by atoms with E-state index in [1.807, 2.05) is 18.3 Å². The first-order valence-corrected chi connectivity index (χ1v) is 4.88. The number of methoxy groups -OCH3 is 1. The lowest BCUT2D eigenvalue weighted by Gasteiger charge is -2.01. The number of ether oxygens (including phenoxy) is 1. The molecular formula is C11H12N4O. The Bertz CT molecular complexity index is 553. The summed E-state index contributed by atoms with van der Waals surface area (Å²) >= 11 is 0. The number of anilines is 1. The molecule has 0 saturated heterocycles. The average Bonchev–Trinajstić information content (AvgIpc) is 2.66. The van der Waals surface area contributed by atoms with Crippen LogP contribution in [0.2, 0.25) is 0 Å². The highest BCUT2D eigenvalue weighted by molar-refractivity contribution is 5.76. The highest BCUT2D eigenvalue weighted by Gasteiger charge is 2.10. The maximum Gasteiger partial charge on any atom is 0.186 e. The molecular weight excluding hydrogens is 204 g/mol. The van der Waals surface area contributed by atoms with Crippen molar-refractivity contribution in [3.8, 4) is 6.07 Å². The van der Waals surface area contributed by atoms with Gasteiger partial charge in [-0.15, -0.1) is 0 Å². The summed E-state index contributed by atoms with van der Waals surface area (Å²) in [5, 5.41) is 16.1. The van der Waals surface area contributed by atoms with Gasteiger partial charge in [0.05, 0.1) is 17.8 Å². The molecule has 0 aliphatic carbocycles. The fraction of sp³-hybridized carbons (Fsp3) is 0.273. The van der Waals surface area contributed by atoms with Gasteiger partial charge in [-0.2, -0.15) is 10.4 Å². The first-order valence-electron chi connectivity index (χ1n) is 4.88. The predicted octanol–water partition coefficient (Wildman–Crippen LogP) is 1.39. The lowest BCUT2D eigenvalue weighted by molar-refractivity contribution is 0.184. The Kier molecular flexibility index (Phi) is 2.75. The summed E-state index contributed by atoms with van der Waals surface area (Å²) < 4.78 is 6.74. The molecule has 82 valence electrons. The van der Waals surface area contributed by atoms with Gasteiger partial charge in [0.1, 0.15) is 6.07 Å². The summed E-state index contributed by atoms with van der Waals surface area (Å²) in [5.41, 5.74) is 3.06. The molecule has 0 radical (unpaired) electrons. The van der Waals surface area contributed by atoms with Gasteiger partial charge in [-0.1, -0.05) is 6.07 Å². The van der Waals surface area contributed by atoms with Crippen molar-refractivity contribution >= 4 is 11.2 Å². The molecule has 0 saturated carbocycles. The SMILES string of the molecule is CNc1c(C#N)nn2cc(COC)ccc12. The molecule has 0 spiro atoms. The Morgan fingerprint density at radius 1 is 1.56 bits per heavy atom. The summed E-state index contributed by atoms with van der Waals surface area (Å²) in [5.74, 6) is 0. The average molecular weight is 216 g/mol. The molecule has 2 rings (SSSR count). The smallest absolute Gasteiger partial charge is 0.186 e. The van der Waals surface area contributed by atoms with Gasteiger partial charge in [-0.05, 0) is 11.6 Å². The van der Waals surface area contributed by atoms with E-state index in [0.717, 1.165) is 16.8 Å². The molecule has 0 bridgehead atoms. The lowest BCUT2D eigenvalue weighted by atomic mass is 10.2. The van der Waals surface area contributed by atoms with Gasteiger partial charge >= 0.3 is 0 Å². The van der Waals surface area contributed by atoms with Gasteiger partial charge < -0.3 is 10.1 Å². The second-order valence-electron chi connectivity index (χ2n) is 3.39. The fourth-order valence-electron chi connectivity index (χ4n) is 1.67. The monoisotopic (exact) mass is 216 g/mol. The molecule has 5 heteroatoms. The van der Waals surface area contributed by atoms with E-state index in [4.69, 9.17) is 10.00 Å². The van der Waals surface area contributed by atoms with Crippen molar-refractivity contribution in [3.05, 3.63) is 29.6 Å². The summed E-state index contributed by atoms with van der Waals surface area (Å²) in [6, 6.07) is 5.95. The molecule has 2 aromatic rings. The minimum Gasteiger partial charge on any atom is -0.384 e. The van der Waals surface area contributed by atoms with Gasteiger partial charge in [0.15, 0.2) is 5.69 Å². The number of nitriles is 1. The molecule has 0 aliphatic rings. The number of hydrogen-bond acceptors (Lipinski definition) is 4. The Labute approximate surface area is 93.3 Å². The van der Waals surface area contributed by atoms with Crippen molar-refractivity contribution < 1.29 is 4.74 Å². The van der Waals surface area contributed by atoms with Crippen LogP contribution in [0.15, 0.2) is 18.3 Å². The number of rotatable bonds is 3. The first-order chi connectivity index (χ1) is 7.80. The van der Waals surface area contributed by atoms with Crippen LogP contribution in [-0.2, 0) is 11.3 Å². The summed E-state index contributed by atoms with van der Waals surface area (Å²) in [4.78, 5) is 0. The maximum atomic E-state index is 8.93. The van der Waals surface area contributed by atoms with Crippen LogP contribution in [0, 0.1) is 11.3 Å². The second kappa shape index (κ2) is 4.21. The quantitative estimate of drug-likeness (QED) is 0.842. The first kappa shape index (κ1) is 10.5. The number of pyridine rings is 1. The van der Waals surface area contributed by atoms with E-state index < -0.39 is 0 Å². The predicted molar refractivity (Wildman–Crippen MR) is 60.2 cm³/mol. The van der Waals surface area contributed by atoms with E-state index >= 15 is 0 Å². The van der Waals surface area contributed by atoms with E-state index in [9.17, 15) is 0 Å². The van der Waals surface area contributed by atoms with Crippen LogP contribution < -0.4 is 5.32 Å². The van der Waals surface area contributed by atoms with Crippen molar-refractivity contribution in [1.82, 2.24) is 9.61 Å². The molecule has 2 aromatic heterocycles. The third-order valence-corrected chi connectivity index (χ3v) is 2.36. The molecule has 0 fully saturated rings. The molecule has 0 amide bonds. The summed E-state index contributed by atoms with van der Waals surface area (Å²) in [7, 11) is 3.42. The normalized spacial score (nSPS) is 10.3. The fourth-order valence-corrected chi connectivity index (χ4v) is 1.67. The van der Waals surface area contributed by atoms with E-state index in [1.165, 1.54) is 0 Å². The number of hydrogen-bond donors (Lipinski definition) is 1. The van der Waals surface area contributed by atoms with Gasteiger partial charge in [0, 0.05) is 20.4 Å². The highest BCUT2D eigenvalue weighted by Crippen LogP contribution is 2.21. The Hall–Kier alpha value is -2.06. The van der Waals surface area contributed by atoms with Crippen LogP contribution in [0.4, 0.5) is 5.69 Å². The molecule has 0 aromatic carbocycles. The number of nitrogens with zero attached hydrogens (tertiary/aromatic N) is 3. The van der Waals surface area contributed by atoms with Gasteiger partial charge in [-0.25, -0.2) is 4.52 Å². The molecule has 0 aliphatic heterocycles. The lowest BCUT2D eigenvalue weighted by Crippen LogP contribution is -1.93. The zero-order valence-corrected chi connectivity index (χ0v) is 9.19. The van der Waals surface area contributed by atoms with Crippen LogP contribution in [0.25, 0.3) is 5.52 Å². The van der Waals surface area contributed by atoms with Crippen molar-refractivity contribution in [2.45, 2.75) is 6.61 Å². The molecule has 16 heavy (non-hydrogen) atoms. The van der Waals surface area contributed by atoms with Crippen LogP contribution in [-0.4, -0.2) is 23.8 Å². The van der Waals surface area contributed by atoms with Crippen LogP contribution in [0.1, 0.15) is 11.3 Å². The minimum atomic E-state index is 0.400. The number of fused-ring (bicyclic) bond motifs is 1. The second-order valence-corrected chi connectivity index (χ2v) is 3.39. The van der Waals surface area contributed by atoms with Gasteiger partial charge in [-0.3, -0.25) is 0 Å². The van der Waals surface area contributed by atoms with Crippen LogP contribution in [0.5, 0.6) is 0 Å². The third kappa shape index (κ3) is 1.59. The Balaban J connectivity index is 2.59. The largest absolute Gasteiger partial charge is 0.384 e. The minimum absolute atomic E-state index is 0.400. The third-order valence-electron chi connectivity index (χ3n) is 2.36. The van der Waals surface area contributed by atoms with Crippen LogP contribution in [0.3, 0.4) is 0 Å². The van der Waals surface area contributed by atoms with E-state index in [-0.39, 0.29) is 0 Å². The highest BCUT2D eigenvalue weighted by atomic mass is 16.5. The van der Waals surface area contributed by atoms with E-state index in [0.29, 0.717) is 12.3 Å². The Morgan fingerprint density at radius 3 is 3.00 bits per heavy atom. The summed E-state index contributed by atoms with van der Waals surface area (Å²) in [6.45, 7) is 0.534. The van der Waals surface area contributed by atoms with Crippen molar-refractivity contribution in [3.63, 3.8) is 0 Å². The number of aromatic nitrogens is 2. The molecule has 2 heterocycles. The van der Waals surface area contributed by atoms with Crippen molar-refractivity contribution in [1.29, 1.82) is 5.26 Å². The molecule has 0 unspecified atom stereocenters. The van der Waals surface area contributed by atoms with Gasteiger partial charge in [0.25, 0.3) is 0 Å². The van der Waals surface area contributed by atoms with Crippen molar-refractivity contribution in [2.75, 3.05) is 19.5 Å². The van der Waals surface area contributed by atoms with Gasteiger partial charge in [0.2, 0.25) is 0 Å². The molecule has 0 atom stereocenters.